The lowest BCUT2D eigenvalue weighted by Gasteiger charge is -2.14. The van der Waals surface area contributed by atoms with Crippen molar-refractivity contribution in [2.75, 3.05) is 19.5 Å². The first-order valence-electron chi connectivity index (χ1n) is 7.54. The Balaban J connectivity index is 2.07. The minimum atomic E-state index is -1.22. The van der Waals surface area contributed by atoms with E-state index in [1.165, 1.54) is 33.3 Å². The number of carbonyl (C=O) groups excluding carboxylic acids is 2. The quantitative estimate of drug-likeness (QED) is 0.796. The molecule has 2 aromatic carbocycles. The molecule has 0 heterocycles. The fraction of sp³-hybridized carbons (Fsp3) is 0.222. The van der Waals surface area contributed by atoms with Crippen LogP contribution >= 0.6 is 0 Å². The van der Waals surface area contributed by atoms with Crippen LogP contribution in [0.1, 0.15) is 17.3 Å². The summed E-state index contributed by atoms with van der Waals surface area (Å²) in [6.45, 7) is 1.33. The monoisotopic (exact) mass is 365 g/mol. The summed E-state index contributed by atoms with van der Waals surface area (Å²) < 4.78 is 41.7. The largest absolute Gasteiger partial charge is 0.497 e. The number of carbonyl (C=O) groups is 2. The SMILES string of the molecule is COc1cc(OC)cc(C(=O)OC(C)C(=O)Nc2ccc(F)cc2F)c1. The number of nitrogens with one attached hydrogen (secondary N) is 1. The highest BCUT2D eigenvalue weighted by Crippen LogP contribution is 2.23. The summed E-state index contributed by atoms with van der Waals surface area (Å²) in [6, 6.07) is 7.13. The maximum absolute atomic E-state index is 13.6. The third-order valence-electron chi connectivity index (χ3n) is 3.43. The van der Waals surface area contributed by atoms with E-state index >= 15 is 0 Å². The lowest BCUT2D eigenvalue weighted by molar-refractivity contribution is -0.123. The van der Waals surface area contributed by atoms with Gasteiger partial charge in [-0.05, 0) is 31.2 Å². The first-order valence-corrected chi connectivity index (χ1v) is 7.54. The number of hydrogen-bond acceptors (Lipinski definition) is 5. The Hall–Kier alpha value is -3.16. The number of ether oxygens (including phenoxy) is 3. The van der Waals surface area contributed by atoms with Crippen molar-refractivity contribution in [1.29, 1.82) is 0 Å². The Morgan fingerprint density at radius 2 is 1.62 bits per heavy atom. The fourth-order valence-corrected chi connectivity index (χ4v) is 2.03. The number of methoxy groups -OCH3 is 2. The predicted octanol–water partition coefficient (Wildman–Crippen LogP) is 3.17. The van der Waals surface area contributed by atoms with Crippen LogP contribution in [0.25, 0.3) is 0 Å². The standard InChI is InChI=1S/C18H17F2NO5/c1-10(17(22)21-16-5-4-12(19)8-15(16)20)26-18(23)11-6-13(24-2)9-14(7-11)25-3/h4-10H,1-3H3,(H,21,22). The molecule has 8 heteroatoms. The van der Waals surface area contributed by atoms with Gasteiger partial charge >= 0.3 is 5.97 Å². The fourth-order valence-electron chi connectivity index (χ4n) is 2.03. The van der Waals surface area contributed by atoms with Crippen LogP contribution in [-0.4, -0.2) is 32.2 Å². The first kappa shape index (κ1) is 19.2. The molecule has 138 valence electrons. The summed E-state index contributed by atoms with van der Waals surface area (Å²) in [5, 5.41) is 2.23. The van der Waals surface area contributed by atoms with Crippen molar-refractivity contribution >= 4 is 17.6 Å². The zero-order valence-corrected chi connectivity index (χ0v) is 14.3. The van der Waals surface area contributed by atoms with Gasteiger partial charge in [-0.3, -0.25) is 4.79 Å². The predicted molar refractivity (Wildman–Crippen MR) is 89.4 cm³/mol. The molecule has 0 aliphatic carbocycles. The smallest absolute Gasteiger partial charge is 0.339 e. The third kappa shape index (κ3) is 4.69. The molecule has 0 radical (unpaired) electrons. The van der Waals surface area contributed by atoms with E-state index in [0.29, 0.717) is 17.6 Å². The topological polar surface area (TPSA) is 73.9 Å². The van der Waals surface area contributed by atoms with E-state index in [4.69, 9.17) is 14.2 Å². The van der Waals surface area contributed by atoms with E-state index in [-0.39, 0.29) is 11.3 Å². The molecule has 0 saturated heterocycles. The average Bonchev–Trinajstić information content (AvgIpc) is 2.63. The second kappa shape index (κ2) is 8.28. The van der Waals surface area contributed by atoms with Crippen LogP contribution in [0.5, 0.6) is 11.5 Å². The molecule has 26 heavy (non-hydrogen) atoms. The molecule has 0 aromatic heterocycles. The van der Waals surface area contributed by atoms with Crippen LogP contribution in [-0.2, 0) is 9.53 Å². The summed E-state index contributed by atoms with van der Waals surface area (Å²) in [5.74, 6) is -2.51. The zero-order valence-electron chi connectivity index (χ0n) is 14.3. The van der Waals surface area contributed by atoms with Crippen molar-refractivity contribution in [2.24, 2.45) is 0 Å². The molecule has 6 nitrogen and oxygen atoms in total. The summed E-state index contributed by atoms with van der Waals surface area (Å²) in [5.41, 5.74) is -0.101. The number of anilines is 1. The van der Waals surface area contributed by atoms with Gasteiger partial charge in [0.25, 0.3) is 5.91 Å². The Morgan fingerprint density at radius 3 is 2.15 bits per heavy atom. The van der Waals surface area contributed by atoms with Crippen molar-refractivity contribution < 1.29 is 32.6 Å². The molecule has 1 amide bonds. The van der Waals surface area contributed by atoms with Crippen LogP contribution in [0.2, 0.25) is 0 Å². The molecule has 1 unspecified atom stereocenters. The molecule has 0 aliphatic rings. The van der Waals surface area contributed by atoms with Crippen LogP contribution in [0.3, 0.4) is 0 Å². The molecule has 2 aromatic rings. The number of benzene rings is 2. The van der Waals surface area contributed by atoms with Gasteiger partial charge in [0.05, 0.1) is 25.5 Å². The minimum absolute atomic E-state index is 0.119. The Kier molecular flexibility index (Phi) is 6.11. The van der Waals surface area contributed by atoms with E-state index < -0.39 is 29.6 Å². The van der Waals surface area contributed by atoms with E-state index in [0.717, 1.165) is 12.1 Å². The van der Waals surface area contributed by atoms with Gasteiger partial charge in [0, 0.05) is 12.1 Å². The van der Waals surface area contributed by atoms with Crippen molar-refractivity contribution in [1.82, 2.24) is 0 Å². The van der Waals surface area contributed by atoms with Crippen LogP contribution < -0.4 is 14.8 Å². The van der Waals surface area contributed by atoms with Gasteiger partial charge in [0.1, 0.15) is 23.1 Å². The third-order valence-corrected chi connectivity index (χ3v) is 3.43. The van der Waals surface area contributed by atoms with Crippen LogP contribution in [0.15, 0.2) is 36.4 Å². The molecular formula is C18H17F2NO5. The van der Waals surface area contributed by atoms with Gasteiger partial charge in [-0.2, -0.15) is 0 Å². The van der Waals surface area contributed by atoms with Crippen molar-refractivity contribution in [3.05, 3.63) is 53.6 Å². The Morgan fingerprint density at radius 1 is 1.00 bits per heavy atom. The first-order chi connectivity index (χ1) is 12.3. The minimum Gasteiger partial charge on any atom is -0.497 e. The maximum atomic E-state index is 13.6. The van der Waals surface area contributed by atoms with E-state index in [1.807, 2.05) is 0 Å². The van der Waals surface area contributed by atoms with E-state index in [9.17, 15) is 18.4 Å². The molecule has 0 spiro atoms. The highest BCUT2D eigenvalue weighted by atomic mass is 19.1. The summed E-state index contributed by atoms with van der Waals surface area (Å²) in [6.07, 6.45) is -1.22. The van der Waals surface area contributed by atoms with Crippen LogP contribution in [0.4, 0.5) is 14.5 Å². The second-order valence-electron chi connectivity index (χ2n) is 5.26. The van der Waals surface area contributed by atoms with Crippen LogP contribution in [0, 0.1) is 11.6 Å². The molecule has 0 bridgehead atoms. The summed E-state index contributed by atoms with van der Waals surface area (Å²) in [7, 11) is 2.86. The van der Waals surface area contributed by atoms with Gasteiger partial charge in [-0.15, -0.1) is 0 Å². The number of amides is 1. The van der Waals surface area contributed by atoms with Gasteiger partial charge in [-0.25, -0.2) is 13.6 Å². The van der Waals surface area contributed by atoms with Crippen molar-refractivity contribution in [3.63, 3.8) is 0 Å². The molecule has 2 rings (SSSR count). The summed E-state index contributed by atoms with van der Waals surface area (Å²) in [4.78, 5) is 24.3. The van der Waals surface area contributed by atoms with E-state index in [1.54, 1.807) is 6.07 Å². The molecule has 0 fully saturated rings. The molecular weight excluding hydrogens is 348 g/mol. The van der Waals surface area contributed by atoms with Gasteiger partial charge in [-0.1, -0.05) is 0 Å². The van der Waals surface area contributed by atoms with Gasteiger partial charge in [0.2, 0.25) is 0 Å². The lowest BCUT2D eigenvalue weighted by atomic mass is 10.2. The number of rotatable bonds is 6. The molecule has 1 N–H and O–H groups in total. The number of esters is 1. The second-order valence-corrected chi connectivity index (χ2v) is 5.26. The molecule has 0 aliphatic heterocycles. The van der Waals surface area contributed by atoms with Gasteiger partial charge in [0.15, 0.2) is 6.10 Å². The lowest BCUT2D eigenvalue weighted by Crippen LogP contribution is -2.30. The molecule has 1 atom stereocenters. The number of halogens is 2. The average molecular weight is 365 g/mol. The van der Waals surface area contributed by atoms with Gasteiger partial charge < -0.3 is 19.5 Å². The van der Waals surface area contributed by atoms with E-state index in [2.05, 4.69) is 5.32 Å². The normalized spacial score (nSPS) is 11.4. The highest BCUT2D eigenvalue weighted by molar-refractivity contribution is 5.97. The number of hydrogen-bond donors (Lipinski definition) is 1. The Labute approximate surface area is 148 Å². The summed E-state index contributed by atoms with van der Waals surface area (Å²) >= 11 is 0. The van der Waals surface area contributed by atoms with Crippen molar-refractivity contribution in [2.45, 2.75) is 13.0 Å². The molecule has 0 saturated carbocycles. The maximum Gasteiger partial charge on any atom is 0.339 e. The Bertz CT molecular complexity index is 803. The highest BCUT2D eigenvalue weighted by Gasteiger charge is 2.21. The van der Waals surface area contributed by atoms with Crippen molar-refractivity contribution in [3.8, 4) is 11.5 Å². The zero-order chi connectivity index (χ0) is 19.3.